The molecule has 0 N–H and O–H groups in total. The highest BCUT2D eigenvalue weighted by molar-refractivity contribution is 6.45. The van der Waals surface area contributed by atoms with Gasteiger partial charge in [0, 0.05) is 7.05 Å². The molecular formula is C7H7ClN2O3. The fourth-order valence-corrected chi connectivity index (χ4v) is 0.956. The summed E-state index contributed by atoms with van der Waals surface area (Å²) in [5.74, 6) is -1.74. The van der Waals surface area contributed by atoms with Gasteiger partial charge in [0.15, 0.2) is 0 Å². The van der Waals surface area contributed by atoms with Gasteiger partial charge in [0.05, 0.1) is 18.9 Å². The second-order valence-corrected chi connectivity index (χ2v) is 2.65. The molecule has 0 radical (unpaired) electrons. The molecule has 0 aliphatic rings. The van der Waals surface area contributed by atoms with Crippen LogP contribution < -0.4 is 0 Å². The van der Waals surface area contributed by atoms with Crippen molar-refractivity contribution in [2.75, 3.05) is 7.11 Å². The van der Waals surface area contributed by atoms with Crippen molar-refractivity contribution in [3.63, 3.8) is 0 Å². The number of hydrogen-bond acceptors (Lipinski definition) is 4. The second kappa shape index (κ2) is 3.57. The van der Waals surface area contributed by atoms with Gasteiger partial charge in [-0.15, -0.1) is 0 Å². The van der Waals surface area contributed by atoms with Crippen LogP contribution in [0.5, 0.6) is 0 Å². The third-order valence-electron chi connectivity index (χ3n) is 1.48. The van der Waals surface area contributed by atoms with E-state index >= 15 is 0 Å². The van der Waals surface area contributed by atoms with Gasteiger partial charge in [-0.05, 0) is 0 Å². The molecular weight excluding hydrogens is 196 g/mol. The Bertz CT molecular complexity index is 359. The lowest BCUT2D eigenvalue weighted by Gasteiger charge is -1.95. The average molecular weight is 203 g/mol. The van der Waals surface area contributed by atoms with E-state index in [1.54, 1.807) is 7.05 Å². The van der Waals surface area contributed by atoms with Gasteiger partial charge in [0.25, 0.3) is 5.78 Å². The molecule has 0 aliphatic heterocycles. The van der Waals surface area contributed by atoms with E-state index in [-0.39, 0.29) is 10.7 Å². The fraction of sp³-hybridized carbons (Fsp3) is 0.286. The summed E-state index contributed by atoms with van der Waals surface area (Å²) in [6.45, 7) is 0. The van der Waals surface area contributed by atoms with E-state index in [1.165, 1.54) is 10.9 Å². The number of carbonyl (C=O) groups excluding carboxylic acids is 2. The van der Waals surface area contributed by atoms with Crippen LogP contribution in [0.4, 0.5) is 0 Å². The summed E-state index contributed by atoms with van der Waals surface area (Å²) in [6, 6.07) is 0. The maximum atomic E-state index is 11.2. The van der Waals surface area contributed by atoms with Crippen molar-refractivity contribution >= 4 is 23.4 Å². The number of ether oxygens (including phenoxy) is 1. The highest BCUT2D eigenvalue weighted by Gasteiger charge is 2.22. The Morgan fingerprint density at radius 3 is 2.62 bits per heavy atom. The minimum atomic E-state index is -0.949. The van der Waals surface area contributed by atoms with E-state index in [0.29, 0.717) is 0 Å². The number of Topliss-reactive ketones (excluding diaryl/α,β-unsaturated/α-hetero) is 1. The van der Waals surface area contributed by atoms with Crippen LogP contribution in [0.15, 0.2) is 6.20 Å². The summed E-state index contributed by atoms with van der Waals surface area (Å²) >= 11 is 5.68. The molecule has 0 amide bonds. The Balaban J connectivity index is 3.02. The molecule has 0 atom stereocenters. The summed E-state index contributed by atoms with van der Waals surface area (Å²) < 4.78 is 5.54. The van der Waals surface area contributed by atoms with Gasteiger partial charge in [-0.25, -0.2) is 4.79 Å². The summed E-state index contributed by atoms with van der Waals surface area (Å²) in [7, 11) is 2.70. The number of ketones is 1. The van der Waals surface area contributed by atoms with Crippen molar-refractivity contribution in [2.45, 2.75) is 0 Å². The van der Waals surface area contributed by atoms with E-state index in [9.17, 15) is 9.59 Å². The van der Waals surface area contributed by atoms with Gasteiger partial charge in [0.2, 0.25) is 0 Å². The first-order chi connectivity index (χ1) is 6.07. The molecule has 1 aromatic heterocycles. The summed E-state index contributed by atoms with van der Waals surface area (Å²) in [5.41, 5.74) is 0.0519. The molecule has 0 saturated carbocycles. The van der Waals surface area contributed by atoms with Crippen LogP contribution in [-0.2, 0) is 16.6 Å². The zero-order chi connectivity index (χ0) is 10.0. The van der Waals surface area contributed by atoms with Gasteiger partial charge in [-0.1, -0.05) is 11.6 Å². The summed E-state index contributed by atoms with van der Waals surface area (Å²) in [5, 5.41) is 3.83. The first-order valence-electron chi connectivity index (χ1n) is 3.38. The van der Waals surface area contributed by atoms with Crippen LogP contribution in [0.2, 0.25) is 5.15 Å². The van der Waals surface area contributed by atoms with Crippen LogP contribution in [0.3, 0.4) is 0 Å². The smallest absolute Gasteiger partial charge is 0.379 e. The summed E-state index contributed by atoms with van der Waals surface area (Å²) in [4.78, 5) is 22.0. The Morgan fingerprint density at radius 1 is 1.62 bits per heavy atom. The molecule has 1 heterocycles. The number of aromatic nitrogens is 2. The third kappa shape index (κ3) is 1.70. The number of methoxy groups -OCH3 is 1. The Morgan fingerprint density at radius 2 is 2.23 bits per heavy atom. The number of carbonyl (C=O) groups is 2. The Kier molecular flexibility index (Phi) is 2.67. The molecule has 0 unspecified atom stereocenters. The minimum Gasteiger partial charge on any atom is -0.463 e. The molecule has 1 rings (SSSR count). The van der Waals surface area contributed by atoms with Gasteiger partial charge in [0.1, 0.15) is 5.15 Å². The molecule has 0 aliphatic carbocycles. The normalized spacial score (nSPS) is 9.77. The quantitative estimate of drug-likeness (QED) is 0.396. The van der Waals surface area contributed by atoms with Crippen LogP contribution in [0.25, 0.3) is 0 Å². The van der Waals surface area contributed by atoms with E-state index in [0.717, 1.165) is 7.11 Å². The summed E-state index contributed by atoms with van der Waals surface area (Å²) in [6.07, 6.45) is 1.22. The van der Waals surface area contributed by atoms with Crippen molar-refractivity contribution < 1.29 is 14.3 Å². The Labute approximate surface area is 79.2 Å². The molecule has 1 aromatic rings. The van der Waals surface area contributed by atoms with Crippen molar-refractivity contribution in [2.24, 2.45) is 7.05 Å². The predicted octanol–water partition coefficient (Wildman–Crippen LogP) is 0.429. The van der Waals surface area contributed by atoms with Gasteiger partial charge in [-0.2, -0.15) is 5.10 Å². The molecule has 0 bridgehead atoms. The first-order valence-corrected chi connectivity index (χ1v) is 3.76. The number of nitrogens with zero attached hydrogens (tertiary/aromatic N) is 2. The van der Waals surface area contributed by atoms with Gasteiger partial charge < -0.3 is 4.74 Å². The van der Waals surface area contributed by atoms with Gasteiger partial charge in [-0.3, -0.25) is 9.48 Å². The highest BCUT2D eigenvalue weighted by atomic mass is 35.5. The molecule has 6 heteroatoms. The van der Waals surface area contributed by atoms with E-state index in [1.807, 2.05) is 0 Å². The van der Waals surface area contributed by atoms with Crippen LogP contribution in [0.1, 0.15) is 10.4 Å². The number of rotatable bonds is 2. The monoisotopic (exact) mass is 202 g/mol. The number of esters is 1. The molecule has 0 saturated heterocycles. The molecule has 70 valence electrons. The molecule has 0 spiro atoms. The lowest BCUT2D eigenvalue weighted by atomic mass is 10.2. The number of hydrogen-bond donors (Lipinski definition) is 0. The number of aryl methyl sites for hydroxylation is 1. The number of halogens is 1. The minimum absolute atomic E-state index is 0.0519. The SMILES string of the molecule is COC(=O)C(=O)c1cnn(C)c1Cl. The lowest BCUT2D eigenvalue weighted by Crippen LogP contribution is -2.15. The Hall–Kier alpha value is -1.36. The molecule has 5 nitrogen and oxygen atoms in total. The topological polar surface area (TPSA) is 61.2 Å². The average Bonchev–Trinajstić information content (AvgIpc) is 2.45. The van der Waals surface area contributed by atoms with E-state index in [2.05, 4.69) is 9.84 Å². The van der Waals surface area contributed by atoms with Crippen LogP contribution in [0, 0.1) is 0 Å². The van der Waals surface area contributed by atoms with Crippen molar-refractivity contribution in [1.29, 1.82) is 0 Å². The second-order valence-electron chi connectivity index (χ2n) is 2.29. The van der Waals surface area contributed by atoms with E-state index < -0.39 is 11.8 Å². The third-order valence-corrected chi connectivity index (χ3v) is 1.93. The standard InChI is InChI=1S/C7H7ClN2O3/c1-10-6(8)4(3-9-10)5(11)7(12)13-2/h3H,1-2H3. The molecule has 0 aromatic carbocycles. The molecule has 13 heavy (non-hydrogen) atoms. The van der Waals surface area contributed by atoms with Crippen molar-refractivity contribution in [1.82, 2.24) is 9.78 Å². The predicted molar refractivity (Wildman–Crippen MR) is 44.6 cm³/mol. The van der Waals surface area contributed by atoms with E-state index in [4.69, 9.17) is 11.6 Å². The zero-order valence-corrected chi connectivity index (χ0v) is 7.83. The fourth-order valence-electron chi connectivity index (χ4n) is 0.778. The zero-order valence-electron chi connectivity index (χ0n) is 7.07. The first kappa shape index (κ1) is 9.73. The maximum absolute atomic E-state index is 11.2. The van der Waals surface area contributed by atoms with Crippen LogP contribution >= 0.6 is 11.6 Å². The largest absolute Gasteiger partial charge is 0.463 e. The highest BCUT2D eigenvalue weighted by Crippen LogP contribution is 2.14. The van der Waals surface area contributed by atoms with Crippen molar-refractivity contribution in [3.05, 3.63) is 16.9 Å². The van der Waals surface area contributed by atoms with Crippen LogP contribution in [-0.4, -0.2) is 28.6 Å². The molecule has 0 fully saturated rings. The van der Waals surface area contributed by atoms with Crippen molar-refractivity contribution in [3.8, 4) is 0 Å². The lowest BCUT2D eigenvalue weighted by molar-refractivity contribution is -0.135. The van der Waals surface area contributed by atoms with Gasteiger partial charge >= 0.3 is 5.97 Å². The maximum Gasteiger partial charge on any atom is 0.379 e.